The van der Waals surface area contributed by atoms with Gasteiger partial charge in [0.05, 0.1) is 39.8 Å². The predicted molar refractivity (Wildman–Crippen MR) is 164 cm³/mol. The van der Waals surface area contributed by atoms with Gasteiger partial charge in [-0.25, -0.2) is 13.4 Å². The Hall–Kier alpha value is -3.73. The van der Waals surface area contributed by atoms with Crippen LogP contribution in [0.2, 0.25) is 0 Å². The first-order valence-corrected chi connectivity index (χ1v) is 17.2. The van der Waals surface area contributed by atoms with Crippen molar-refractivity contribution in [2.24, 2.45) is 5.92 Å². The van der Waals surface area contributed by atoms with Gasteiger partial charge in [0.15, 0.2) is 9.84 Å². The van der Waals surface area contributed by atoms with Crippen LogP contribution in [0, 0.1) is 35.5 Å². The number of nitriles is 2. The van der Waals surface area contributed by atoms with Crippen LogP contribution in [0.5, 0.6) is 0 Å². The average molecular weight is 600 g/mol. The minimum atomic E-state index is -2.96. The van der Waals surface area contributed by atoms with Gasteiger partial charge in [-0.05, 0) is 68.0 Å². The summed E-state index contributed by atoms with van der Waals surface area (Å²) in [5.74, 6) is -0.0450. The first-order valence-electron chi connectivity index (χ1n) is 14.5. The van der Waals surface area contributed by atoms with Gasteiger partial charge >= 0.3 is 0 Å². The lowest BCUT2D eigenvalue weighted by molar-refractivity contribution is -0.127. The molecule has 2 saturated carbocycles. The van der Waals surface area contributed by atoms with Gasteiger partial charge < -0.3 is 10.2 Å². The number of sulfone groups is 1. The first kappa shape index (κ1) is 28.4. The van der Waals surface area contributed by atoms with E-state index >= 15 is 0 Å². The third kappa shape index (κ3) is 5.66. The molecule has 1 aromatic heterocycles. The zero-order chi connectivity index (χ0) is 29.5. The van der Waals surface area contributed by atoms with E-state index in [9.17, 15) is 23.7 Å². The van der Waals surface area contributed by atoms with Crippen molar-refractivity contribution in [2.75, 3.05) is 29.5 Å². The van der Waals surface area contributed by atoms with Crippen LogP contribution in [0.4, 0.5) is 5.69 Å². The molecule has 42 heavy (non-hydrogen) atoms. The summed E-state index contributed by atoms with van der Waals surface area (Å²) in [6.07, 6.45) is 4.99. The molecule has 1 amide bonds. The molecule has 8 nitrogen and oxygen atoms in total. The van der Waals surface area contributed by atoms with E-state index in [1.165, 1.54) is 0 Å². The molecule has 1 aliphatic heterocycles. The summed E-state index contributed by atoms with van der Waals surface area (Å²) in [7, 11) is -2.96. The Morgan fingerprint density at radius 1 is 1.07 bits per heavy atom. The Morgan fingerprint density at radius 3 is 2.43 bits per heavy atom. The van der Waals surface area contributed by atoms with E-state index < -0.39 is 15.4 Å². The van der Waals surface area contributed by atoms with Crippen molar-refractivity contribution in [3.63, 3.8) is 0 Å². The number of anilines is 1. The maximum Gasteiger partial charge on any atom is 0.225 e. The zero-order valence-corrected chi connectivity index (χ0v) is 25.2. The Kier molecular flexibility index (Phi) is 7.55. The third-order valence-corrected chi connectivity index (χ3v) is 11.6. The number of amides is 1. The van der Waals surface area contributed by atoms with Crippen LogP contribution >= 0.6 is 11.3 Å². The molecule has 3 aromatic rings. The van der Waals surface area contributed by atoms with Gasteiger partial charge in [0.25, 0.3) is 0 Å². The highest BCUT2D eigenvalue weighted by Gasteiger charge is 2.47. The number of aromatic nitrogens is 1. The number of carbonyl (C=O) groups is 1. The molecule has 2 heterocycles. The maximum absolute atomic E-state index is 13.5. The van der Waals surface area contributed by atoms with Crippen molar-refractivity contribution in [3.8, 4) is 33.2 Å². The lowest BCUT2D eigenvalue weighted by Crippen LogP contribution is -2.42. The number of thiazole rings is 1. The van der Waals surface area contributed by atoms with Gasteiger partial charge in [-0.15, -0.1) is 11.3 Å². The second kappa shape index (κ2) is 11.2. The summed E-state index contributed by atoms with van der Waals surface area (Å²) >= 11 is 1.60. The van der Waals surface area contributed by atoms with E-state index in [-0.39, 0.29) is 29.2 Å². The highest BCUT2D eigenvalue weighted by atomic mass is 32.2. The Bertz CT molecular complexity index is 1700. The average Bonchev–Trinajstić information content (AvgIpc) is 3.64. The topological polar surface area (TPSA) is 127 Å². The van der Waals surface area contributed by atoms with E-state index in [4.69, 9.17) is 4.98 Å². The number of benzene rings is 2. The van der Waals surface area contributed by atoms with Gasteiger partial charge in [-0.2, -0.15) is 10.5 Å². The SMILES string of the molecule is Cc1cc(C#N)ccc1-c1nc(C2CCCCC2C(=O)NC2(C#N)CC2)c(-c2ccc(N3CCS(=O)(=O)CC3)cc2)s1. The lowest BCUT2D eigenvalue weighted by atomic mass is 9.76. The molecule has 1 N–H and O–H groups in total. The van der Waals surface area contributed by atoms with Crippen LogP contribution in [0.15, 0.2) is 42.5 Å². The number of aryl methyl sites for hydroxylation is 1. The normalized spacial score (nSPS) is 22.5. The molecule has 2 aliphatic carbocycles. The molecule has 1 saturated heterocycles. The molecule has 3 fully saturated rings. The van der Waals surface area contributed by atoms with Gasteiger partial charge in [0, 0.05) is 36.2 Å². The van der Waals surface area contributed by atoms with Crippen molar-refractivity contribution in [2.45, 2.75) is 56.9 Å². The van der Waals surface area contributed by atoms with Crippen LogP contribution in [0.25, 0.3) is 21.0 Å². The molecule has 10 heteroatoms. The highest BCUT2D eigenvalue weighted by Crippen LogP contribution is 2.47. The second-order valence-corrected chi connectivity index (χ2v) is 15.0. The quantitative estimate of drug-likeness (QED) is 0.405. The van der Waals surface area contributed by atoms with Crippen molar-refractivity contribution >= 4 is 32.8 Å². The fourth-order valence-corrected chi connectivity index (χ4v) is 8.60. The summed E-state index contributed by atoms with van der Waals surface area (Å²) in [5.41, 5.74) is 4.74. The summed E-state index contributed by atoms with van der Waals surface area (Å²) in [5, 5.41) is 22.9. The number of nitrogens with zero attached hydrogens (tertiary/aromatic N) is 4. The van der Waals surface area contributed by atoms with Gasteiger partial charge in [0.1, 0.15) is 10.5 Å². The smallest absolute Gasteiger partial charge is 0.225 e. The maximum atomic E-state index is 13.5. The van der Waals surface area contributed by atoms with Crippen LogP contribution in [-0.2, 0) is 14.6 Å². The van der Waals surface area contributed by atoms with Gasteiger partial charge in [-0.1, -0.05) is 31.0 Å². The number of hydrogen-bond donors (Lipinski definition) is 1. The molecule has 216 valence electrons. The highest BCUT2D eigenvalue weighted by molar-refractivity contribution is 7.91. The molecule has 0 radical (unpaired) electrons. The van der Waals surface area contributed by atoms with Crippen LogP contribution in [-0.4, -0.2) is 49.4 Å². The Balaban J connectivity index is 1.37. The molecular formula is C32H33N5O3S2. The van der Waals surface area contributed by atoms with Gasteiger partial charge in [0.2, 0.25) is 5.91 Å². The minimum absolute atomic E-state index is 0.0517. The van der Waals surface area contributed by atoms with Crippen molar-refractivity contribution < 1.29 is 13.2 Å². The van der Waals surface area contributed by atoms with Crippen LogP contribution in [0.1, 0.15) is 61.3 Å². The fourth-order valence-electron chi connectivity index (χ4n) is 6.16. The Labute approximate surface area is 250 Å². The summed E-state index contributed by atoms with van der Waals surface area (Å²) < 4.78 is 23.8. The number of nitrogens with one attached hydrogen (secondary N) is 1. The summed E-state index contributed by atoms with van der Waals surface area (Å²) in [6, 6.07) is 18.3. The Morgan fingerprint density at radius 2 is 1.79 bits per heavy atom. The van der Waals surface area contributed by atoms with Gasteiger partial charge in [-0.3, -0.25) is 4.79 Å². The largest absolute Gasteiger partial charge is 0.369 e. The molecule has 2 atom stereocenters. The minimum Gasteiger partial charge on any atom is -0.369 e. The molecule has 0 bridgehead atoms. The third-order valence-electron chi connectivity index (χ3n) is 8.86. The molecule has 3 aliphatic rings. The van der Waals surface area contributed by atoms with E-state index in [1.54, 1.807) is 11.3 Å². The van der Waals surface area contributed by atoms with E-state index in [2.05, 4.69) is 34.5 Å². The summed E-state index contributed by atoms with van der Waals surface area (Å²) in [4.78, 5) is 21.9. The number of hydrogen-bond acceptors (Lipinski definition) is 8. The number of carbonyl (C=O) groups excluding carboxylic acids is 1. The van der Waals surface area contributed by atoms with Crippen molar-refractivity contribution in [1.82, 2.24) is 10.3 Å². The molecule has 0 spiro atoms. The van der Waals surface area contributed by atoms with E-state index in [0.29, 0.717) is 31.5 Å². The zero-order valence-electron chi connectivity index (χ0n) is 23.6. The number of rotatable bonds is 6. The second-order valence-electron chi connectivity index (χ2n) is 11.7. The van der Waals surface area contributed by atoms with E-state index in [0.717, 1.165) is 63.6 Å². The molecule has 2 unspecified atom stereocenters. The van der Waals surface area contributed by atoms with Crippen LogP contribution in [0.3, 0.4) is 0 Å². The first-order chi connectivity index (χ1) is 20.2. The standard InChI is InChI=1S/C32H33N5O3S2/c1-21-18-22(19-33)6-11-25(21)31-35-28(26-4-2-3-5-27(26)30(38)36-32(20-34)12-13-32)29(41-31)23-7-9-24(10-8-23)37-14-16-42(39,40)17-15-37/h6-11,18,26-27H,2-5,12-17H2,1H3,(H,36,38). The molecular weight excluding hydrogens is 567 g/mol. The lowest BCUT2D eigenvalue weighted by Gasteiger charge is -2.31. The fraction of sp³-hybridized carbons (Fsp3) is 0.438. The van der Waals surface area contributed by atoms with Crippen molar-refractivity contribution in [1.29, 1.82) is 10.5 Å². The molecule has 2 aromatic carbocycles. The van der Waals surface area contributed by atoms with E-state index in [1.807, 2.05) is 37.3 Å². The van der Waals surface area contributed by atoms with Crippen LogP contribution < -0.4 is 10.2 Å². The monoisotopic (exact) mass is 599 g/mol. The predicted octanol–water partition coefficient (Wildman–Crippen LogP) is 5.34. The van der Waals surface area contributed by atoms with Crippen molar-refractivity contribution in [3.05, 3.63) is 59.3 Å². The summed E-state index contributed by atoms with van der Waals surface area (Å²) in [6.45, 7) is 2.95. The molecule has 6 rings (SSSR count).